The summed E-state index contributed by atoms with van der Waals surface area (Å²) in [5, 5.41) is 15.0. The van der Waals surface area contributed by atoms with Crippen molar-refractivity contribution < 1.29 is 19.1 Å². The summed E-state index contributed by atoms with van der Waals surface area (Å²) in [7, 11) is 0. The number of aliphatic imine (C=N–C) groups is 1. The molecule has 0 bridgehead atoms. The van der Waals surface area contributed by atoms with Crippen LogP contribution in [-0.4, -0.2) is 38.9 Å². The summed E-state index contributed by atoms with van der Waals surface area (Å²) in [6.07, 6.45) is 1.75. The molecule has 2 heterocycles. The van der Waals surface area contributed by atoms with Gasteiger partial charge in [0.05, 0.1) is 30.0 Å². The smallest absolute Gasteiger partial charge is 0.321 e. The number of halogens is 1. The number of para-hydroxylation sites is 1. The number of H-pyrrole nitrogens is 1. The van der Waals surface area contributed by atoms with Gasteiger partial charge in [0.25, 0.3) is 5.91 Å². The van der Waals surface area contributed by atoms with Gasteiger partial charge in [-0.1, -0.05) is 30.3 Å². The minimum Gasteiger partial charge on any atom is -0.508 e. The van der Waals surface area contributed by atoms with Crippen LogP contribution in [0.5, 0.6) is 5.75 Å². The van der Waals surface area contributed by atoms with E-state index < -0.39 is 23.9 Å². The van der Waals surface area contributed by atoms with Crippen LogP contribution in [0.3, 0.4) is 0 Å². The number of aryl methyl sites for hydroxylation is 1. The third-order valence-corrected chi connectivity index (χ3v) is 5.94. The zero-order chi connectivity index (χ0) is 25.9. The van der Waals surface area contributed by atoms with Crippen LogP contribution in [0.2, 0.25) is 0 Å². The maximum absolute atomic E-state index is 14.9. The Morgan fingerprint density at radius 2 is 1.86 bits per heavy atom. The van der Waals surface area contributed by atoms with Crippen molar-refractivity contribution >= 4 is 29.0 Å². The van der Waals surface area contributed by atoms with Crippen molar-refractivity contribution in [3.8, 4) is 5.75 Å². The molecule has 1 aliphatic rings. The molecule has 1 aromatic heterocycles. The number of benzodiazepines with no additional fused rings is 1. The summed E-state index contributed by atoms with van der Waals surface area (Å²) in [6.45, 7) is 1.83. The topological polar surface area (TPSA) is 123 Å². The predicted molar refractivity (Wildman–Crippen MR) is 137 cm³/mol. The van der Waals surface area contributed by atoms with E-state index in [4.69, 9.17) is 0 Å². The molecular weight excluding hydrogens is 475 g/mol. The number of aromatic hydroxyl groups is 1. The van der Waals surface area contributed by atoms with Gasteiger partial charge in [0, 0.05) is 23.0 Å². The summed E-state index contributed by atoms with van der Waals surface area (Å²) < 4.78 is 14.9. The normalized spacial score (nSPS) is 15.0. The lowest BCUT2D eigenvalue weighted by Crippen LogP contribution is -2.48. The number of carbonyl (C=O) groups is 2. The number of nitrogens with zero attached hydrogens (tertiary/aromatic N) is 3. The fourth-order valence-electron chi connectivity index (χ4n) is 4.12. The van der Waals surface area contributed by atoms with E-state index in [1.165, 1.54) is 29.4 Å². The molecule has 1 aliphatic heterocycles. The van der Waals surface area contributed by atoms with Gasteiger partial charge >= 0.3 is 6.03 Å². The first kappa shape index (κ1) is 23.7. The Hall–Kier alpha value is -4.99. The highest BCUT2D eigenvalue weighted by atomic mass is 19.1. The number of amides is 3. The first-order valence-corrected chi connectivity index (χ1v) is 11.5. The number of phenolic OH excluding ortho intramolecular Hbond substituents is 1. The molecule has 10 heteroatoms. The molecule has 5 rings (SSSR count). The summed E-state index contributed by atoms with van der Waals surface area (Å²) >= 11 is 0. The van der Waals surface area contributed by atoms with Gasteiger partial charge in [-0.3, -0.25) is 4.79 Å². The number of imidazole rings is 1. The number of hydrogen-bond acceptors (Lipinski definition) is 5. The lowest BCUT2D eigenvalue weighted by molar-refractivity contribution is -0.120. The number of urea groups is 1. The molecule has 1 atom stereocenters. The monoisotopic (exact) mass is 498 g/mol. The van der Waals surface area contributed by atoms with E-state index in [1.807, 2.05) is 0 Å². The van der Waals surface area contributed by atoms with Gasteiger partial charge in [-0.25, -0.2) is 19.2 Å². The second kappa shape index (κ2) is 9.94. The number of benzene rings is 3. The van der Waals surface area contributed by atoms with Crippen molar-refractivity contribution in [3.63, 3.8) is 0 Å². The van der Waals surface area contributed by atoms with Crippen molar-refractivity contribution in [3.05, 3.63) is 107 Å². The van der Waals surface area contributed by atoms with E-state index in [9.17, 15) is 19.1 Å². The van der Waals surface area contributed by atoms with Crippen molar-refractivity contribution in [2.75, 3.05) is 10.2 Å². The Morgan fingerprint density at radius 1 is 1.11 bits per heavy atom. The van der Waals surface area contributed by atoms with E-state index in [1.54, 1.807) is 61.7 Å². The van der Waals surface area contributed by atoms with Crippen molar-refractivity contribution in [1.82, 2.24) is 15.3 Å². The summed E-state index contributed by atoms with van der Waals surface area (Å²) in [6, 6.07) is 17.1. The van der Waals surface area contributed by atoms with Gasteiger partial charge in [0.1, 0.15) is 11.6 Å². The SMILES string of the molecule is Cc1cc(NC(=O)N[C@@H]2N=C(c3ccccc3F)c3ccccc3N(Cc3cnc[nH]3)C2=O)ccc1O. The average molecular weight is 499 g/mol. The van der Waals surface area contributed by atoms with Crippen molar-refractivity contribution in [1.29, 1.82) is 0 Å². The number of hydrogen-bond donors (Lipinski definition) is 4. The number of aromatic amines is 1. The Morgan fingerprint density at radius 3 is 2.59 bits per heavy atom. The van der Waals surface area contributed by atoms with E-state index >= 15 is 0 Å². The highest BCUT2D eigenvalue weighted by Gasteiger charge is 2.34. The molecule has 3 aromatic carbocycles. The molecule has 0 spiro atoms. The van der Waals surface area contributed by atoms with E-state index in [0.29, 0.717) is 28.2 Å². The number of aromatic nitrogens is 2. The van der Waals surface area contributed by atoms with Crippen LogP contribution in [0.1, 0.15) is 22.4 Å². The lowest BCUT2D eigenvalue weighted by Gasteiger charge is -2.25. The number of carbonyl (C=O) groups excluding carboxylic acids is 2. The predicted octanol–water partition coefficient (Wildman–Crippen LogP) is 4.09. The number of nitrogens with one attached hydrogen (secondary N) is 3. The molecule has 0 saturated carbocycles. The molecule has 4 aromatic rings. The van der Waals surface area contributed by atoms with Crippen LogP contribution in [0.25, 0.3) is 0 Å². The van der Waals surface area contributed by atoms with Crippen LogP contribution in [0.4, 0.5) is 20.6 Å². The highest BCUT2D eigenvalue weighted by Crippen LogP contribution is 2.30. The van der Waals surface area contributed by atoms with E-state index in [2.05, 4.69) is 25.6 Å². The van der Waals surface area contributed by atoms with Gasteiger partial charge in [0.2, 0.25) is 6.17 Å². The van der Waals surface area contributed by atoms with Crippen LogP contribution in [0.15, 0.2) is 84.2 Å². The molecule has 3 amide bonds. The first-order valence-electron chi connectivity index (χ1n) is 11.5. The van der Waals surface area contributed by atoms with E-state index in [-0.39, 0.29) is 23.6 Å². The van der Waals surface area contributed by atoms with Gasteiger partial charge in [-0.15, -0.1) is 0 Å². The van der Waals surface area contributed by atoms with Crippen molar-refractivity contribution in [2.24, 2.45) is 4.99 Å². The molecule has 0 unspecified atom stereocenters. The van der Waals surface area contributed by atoms with Gasteiger partial charge in [-0.05, 0) is 48.9 Å². The third kappa shape index (κ3) is 4.90. The molecule has 4 N–H and O–H groups in total. The number of phenols is 1. The second-order valence-electron chi connectivity index (χ2n) is 8.48. The highest BCUT2D eigenvalue weighted by molar-refractivity contribution is 6.20. The molecule has 0 saturated heterocycles. The van der Waals surface area contributed by atoms with Crippen LogP contribution >= 0.6 is 0 Å². The molecular formula is C27H23FN6O3. The molecule has 186 valence electrons. The van der Waals surface area contributed by atoms with Gasteiger partial charge < -0.3 is 25.6 Å². The first-order chi connectivity index (χ1) is 17.9. The zero-order valence-corrected chi connectivity index (χ0v) is 19.8. The average Bonchev–Trinajstić information content (AvgIpc) is 3.37. The quantitative estimate of drug-likeness (QED) is 0.310. The van der Waals surface area contributed by atoms with Crippen LogP contribution in [-0.2, 0) is 11.3 Å². The molecule has 9 nitrogen and oxygen atoms in total. The number of rotatable bonds is 5. The standard InChI is InChI=1S/C27H23FN6O3/c1-16-12-17(10-11-23(16)35)31-27(37)33-25-26(36)34(14-18-13-29-15-30-18)22-9-5-3-7-20(22)24(32-25)19-6-2-4-8-21(19)28/h2-13,15,25,35H,14H2,1H3,(H,29,30)(H2,31,33,37)/t25-/m0/s1. The molecule has 0 radical (unpaired) electrons. The van der Waals surface area contributed by atoms with Gasteiger partial charge in [0.15, 0.2) is 0 Å². The maximum Gasteiger partial charge on any atom is 0.321 e. The molecule has 0 aliphatic carbocycles. The lowest BCUT2D eigenvalue weighted by atomic mass is 9.99. The Labute approximate surface area is 211 Å². The maximum atomic E-state index is 14.9. The Bertz CT molecular complexity index is 1500. The third-order valence-electron chi connectivity index (χ3n) is 5.94. The van der Waals surface area contributed by atoms with Crippen molar-refractivity contribution in [2.45, 2.75) is 19.6 Å². The molecule has 37 heavy (non-hydrogen) atoms. The Balaban J connectivity index is 1.55. The van der Waals surface area contributed by atoms with Crippen LogP contribution in [0, 0.1) is 12.7 Å². The fourth-order valence-corrected chi connectivity index (χ4v) is 4.12. The number of anilines is 2. The minimum atomic E-state index is -1.36. The summed E-state index contributed by atoms with van der Waals surface area (Å²) in [4.78, 5) is 39.8. The largest absolute Gasteiger partial charge is 0.508 e. The van der Waals surface area contributed by atoms with E-state index in [0.717, 1.165) is 0 Å². The summed E-state index contributed by atoms with van der Waals surface area (Å²) in [5.41, 5.74) is 3.16. The minimum absolute atomic E-state index is 0.0937. The summed E-state index contributed by atoms with van der Waals surface area (Å²) in [5.74, 6) is -0.921. The van der Waals surface area contributed by atoms with Crippen LogP contribution < -0.4 is 15.5 Å². The number of fused-ring (bicyclic) bond motifs is 1. The zero-order valence-electron chi connectivity index (χ0n) is 19.8. The fraction of sp³-hybridized carbons (Fsp3) is 0.111. The second-order valence-corrected chi connectivity index (χ2v) is 8.48. The Kier molecular flexibility index (Phi) is 6.38. The van der Waals surface area contributed by atoms with Gasteiger partial charge in [-0.2, -0.15) is 0 Å². The molecule has 0 fully saturated rings.